The first-order valence-corrected chi connectivity index (χ1v) is 11.2. The van der Waals surface area contributed by atoms with E-state index in [0.29, 0.717) is 29.3 Å². The van der Waals surface area contributed by atoms with Gasteiger partial charge in [-0.2, -0.15) is 0 Å². The van der Waals surface area contributed by atoms with Gasteiger partial charge in [0, 0.05) is 5.69 Å². The number of hydrogen-bond acceptors (Lipinski definition) is 4. The molecular formula is C28H27FN2O3. The van der Waals surface area contributed by atoms with E-state index in [0.717, 1.165) is 10.5 Å². The summed E-state index contributed by atoms with van der Waals surface area (Å²) in [7, 11) is 0. The van der Waals surface area contributed by atoms with Gasteiger partial charge in [0.2, 0.25) is 0 Å². The molecule has 6 heteroatoms. The van der Waals surface area contributed by atoms with Crippen molar-refractivity contribution in [3.05, 3.63) is 95.4 Å². The fraction of sp³-hybridized carbons (Fsp3) is 0.214. The number of anilines is 2. The lowest BCUT2D eigenvalue weighted by Crippen LogP contribution is -2.32. The molecule has 0 radical (unpaired) electrons. The lowest BCUT2D eigenvalue weighted by atomic mass is 9.87. The van der Waals surface area contributed by atoms with Crippen LogP contribution in [0.2, 0.25) is 0 Å². The van der Waals surface area contributed by atoms with Gasteiger partial charge in [-0.1, -0.05) is 45.0 Å². The Balaban J connectivity index is 1.73. The zero-order valence-electron chi connectivity index (χ0n) is 19.7. The molecule has 34 heavy (non-hydrogen) atoms. The zero-order chi connectivity index (χ0) is 24.5. The Labute approximate surface area is 198 Å². The third-order valence-electron chi connectivity index (χ3n) is 5.64. The van der Waals surface area contributed by atoms with E-state index in [1.54, 1.807) is 36.4 Å². The number of carbonyl (C=O) groups is 2. The molecule has 174 valence electrons. The van der Waals surface area contributed by atoms with E-state index in [1.807, 2.05) is 19.1 Å². The number of halogens is 1. The number of rotatable bonds is 6. The monoisotopic (exact) mass is 458 g/mol. The molecule has 3 aromatic rings. The minimum atomic E-state index is -0.471. The molecule has 1 aliphatic rings. The summed E-state index contributed by atoms with van der Waals surface area (Å²) in [4.78, 5) is 28.2. The maximum Gasteiger partial charge on any atom is 0.282 e. The van der Waals surface area contributed by atoms with Crippen LogP contribution in [0, 0.1) is 5.82 Å². The minimum Gasteiger partial charge on any atom is -0.494 e. The number of hydrogen-bond donors (Lipinski definition) is 1. The number of ether oxygens (including phenoxy) is 1. The van der Waals surface area contributed by atoms with Gasteiger partial charge in [0.15, 0.2) is 0 Å². The molecule has 1 heterocycles. The van der Waals surface area contributed by atoms with Crippen molar-refractivity contribution in [1.29, 1.82) is 0 Å². The zero-order valence-corrected chi connectivity index (χ0v) is 19.7. The van der Waals surface area contributed by atoms with Crippen molar-refractivity contribution in [3.63, 3.8) is 0 Å². The molecule has 0 saturated carbocycles. The number of amides is 2. The van der Waals surface area contributed by atoms with Gasteiger partial charge in [0.25, 0.3) is 11.8 Å². The molecule has 1 aliphatic heterocycles. The standard InChI is InChI=1S/C28H27FN2O3/c1-5-34-23-16-12-21(13-17-23)30-25-24(18-6-10-20(29)11-7-18)26(32)31(27(25)33)22-14-8-19(9-15-22)28(2,3)4/h6-17,30H,5H2,1-4H3. The topological polar surface area (TPSA) is 58.6 Å². The summed E-state index contributed by atoms with van der Waals surface area (Å²) in [6.45, 7) is 8.74. The summed E-state index contributed by atoms with van der Waals surface area (Å²) >= 11 is 0. The van der Waals surface area contributed by atoms with Crippen LogP contribution in [0.5, 0.6) is 5.75 Å². The second-order valence-corrected chi connectivity index (χ2v) is 9.08. The van der Waals surface area contributed by atoms with Gasteiger partial charge in [0.05, 0.1) is 17.9 Å². The highest BCUT2D eigenvalue weighted by atomic mass is 19.1. The summed E-state index contributed by atoms with van der Waals surface area (Å²) in [6.07, 6.45) is 0. The maximum absolute atomic E-state index is 13.6. The Kier molecular flexibility index (Phi) is 6.24. The van der Waals surface area contributed by atoms with Crippen LogP contribution in [0.15, 0.2) is 78.5 Å². The Morgan fingerprint density at radius 1 is 0.853 bits per heavy atom. The number of benzene rings is 3. The van der Waals surface area contributed by atoms with E-state index >= 15 is 0 Å². The average Bonchev–Trinajstić information content (AvgIpc) is 3.05. The van der Waals surface area contributed by atoms with Crippen molar-refractivity contribution in [2.45, 2.75) is 33.1 Å². The van der Waals surface area contributed by atoms with E-state index in [2.05, 4.69) is 26.1 Å². The van der Waals surface area contributed by atoms with Crippen molar-refractivity contribution in [1.82, 2.24) is 0 Å². The Hall–Kier alpha value is -3.93. The van der Waals surface area contributed by atoms with Gasteiger partial charge >= 0.3 is 0 Å². The molecule has 2 amide bonds. The highest BCUT2D eigenvalue weighted by molar-refractivity contribution is 6.46. The van der Waals surface area contributed by atoms with Crippen molar-refractivity contribution >= 4 is 28.8 Å². The summed E-state index contributed by atoms with van der Waals surface area (Å²) in [5.74, 6) is -0.651. The predicted octanol–water partition coefficient (Wildman–Crippen LogP) is 5.92. The van der Waals surface area contributed by atoms with Gasteiger partial charge in [-0.05, 0) is 72.0 Å². The third kappa shape index (κ3) is 4.57. The first kappa shape index (κ1) is 23.2. The molecule has 0 unspecified atom stereocenters. The fourth-order valence-electron chi connectivity index (χ4n) is 3.82. The highest BCUT2D eigenvalue weighted by Crippen LogP contribution is 2.35. The van der Waals surface area contributed by atoms with Crippen molar-refractivity contribution in [2.75, 3.05) is 16.8 Å². The molecular weight excluding hydrogens is 431 g/mol. The fourth-order valence-corrected chi connectivity index (χ4v) is 3.82. The lowest BCUT2D eigenvalue weighted by molar-refractivity contribution is -0.120. The third-order valence-corrected chi connectivity index (χ3v) is 5.64. The summed E-state index contributed by atoms with van der Waals surface area (Å²) in [5.41, 5.74) is 2.93. The molecule has 0 aliphatic carbocycles. The van der Waals surface area contributed by atoms with E-state index < -0.39 is 17.6 Å². The number of imide groups is 1. The molecule has 3 aromatic carbocycles. The summed E-state index contributed by atoms with van der Waals surface area (Å²) < 4.78 is 19.0. The van der Waals surface area contributed by atoms with Crippen molar-refractivity contribution in [3.8, 4) is 5.75 Å². The molecule has 0 fully saturated rings. The number of nitrogens with one attached hydrogen (secondary N) is 1. The van der Waals surface area contributed by atoms with Crippen molar-refractivity contribution in [2.24, 2.45) is 0 Å². The predicted molar refractivity (Wildman–Crippen MR) is 132 cm³/mol. The Morgan fingerprint density at radius 2 is 1.47 bits per heavy atom. The molecule has 0 bridgehead atoms. The van der Waals surface area contributed by atoms with Crippen LogP contribution in [0.1, 0.15) is 38.8 Å². The Morgan fingerprint density at radius 3 is 2.03 bits per heavy atom. The second-order valence-electron chi connectivity index (χ2n) is 9.08. The normalized spacial score (nSPS) is 14.1. The summed E-state index contributed by atoms with van der Waals surface area (Å²) in [6, 6.07) is 20.1. The molecule has 0 aromatic heterocycles. The summed E-state index contributed by atoms with van der Waals surface area (Å²) in [5, 5.41) is 3.11. The molecule has 0 spiro atoms. The van der Waals surface area contributed by atoms with Gasteiger partial charge in [0.1, 0.15) is 17.3 Å². The average molecular weight is 459 g/mol. The van der Waals surface area contributed by atoms with Crippen LogP contribution in [0.4, 0.5) is 15.8 Å². The second kappa shape index (κ2) is 9.14. The first-order chi connectivity index (χ1) is 16.2. The van der Waals surface area contributed by atoms with E-state index in [4.69, 9.17) is 4.74 Å². The van der Waals surface area contributed by atoms with Crippen LogP contribution in [0.25, 0.3) is 5.57 Å². The first-order valence-electron chi connectivity index (χ1n) is 11.2. The van der Waals surface area contributed by atoms with Crippen molar-refractivity contribution < 1.29 is 18.7 Å². The largest absolute Gasteiger partial charge is 0.494 e. The molecule has 0 atom stereocenters. The SMILES string of the molecule is CCOc1ccc(NC2=C(c3ccc(F)cc3)C(=O)N(c3ccc(C(C)(C)C)cc3)C2=O)cc1. The van der Waals surface area contributed by atoms with Gasteiger partial charge in [-0.3, -0.25) is 9.59 Å². The smallest absolute Gasteiger partial charge is 0.282 e. The number of carbonyl (C=O) groups excluding carboxylic acids is 2. The van der Waals surface area contributed by atoms with Gasteiger partial charge in [-0.25, -0.2) is 9.29 Å². The lowest BCUT2D eigenvalue weighted by Gasteiger charge is -2.21. The van der Waals surface area contributed by atoms with Crippen LogP contribution < -0.4 is 15.0 Å². The van der Waals surface area contributed by atoms with E-state index in [-0.39, 0.29) is 16.7 Å². The van der Waals surface area contributed by atoms with Crippen LogP contribution in [0.3, 0.4) is 0 Å². The Bertz CT molecular complexity index is 1240. The highest BCUT2D eigenvalue weighted by Gasteiger charge is 2.40. The molecule has 1 N–H and O–H groups in total. The maximum atomic E-state index is 13.6. The molecule has 4 rings (SSSR count). The van der Waals surface area contributed by atoms with Crippen LogP contribution in [-0.4, -0.2) is 18.4 Å². The number of nitrogens with zero attached hydrogens (tertiary/aromatic N) is 1. The quantitative estimate of drug-likeness (QED) is 0.466. The van der Waals surface area contributed by atoms with Crippen LogP contribution in [-0.2, 0) is 15.0 Å². The molecule has 5 nitrogen and oxygen atoms in total. The van der Waals surface area contributed by atoms with Gasteiger partial charge in [-0.15, -0.1) is 0 Å². The van der Waals surface area contributed by atoms with Crippen LogP contribution >= 0.6 is 0 Å². The van der Waals surface area contributed by atoms with E-state index in [9.17, 15) is 14.0 Å². The van der Waals surface area contributed by atoms with E-state index in [1.165, 1.54) is 24.3 Å². The minimum absolute atomic E-state index is 0.0601. The van der Waals surface area contributed by atoms with Gasteiger partial charge < -0.3 is 10.1 Å². The molecule has 0 saturated heterocycles.